The largest absolute Gasteiger partial charge is 0.343 e. The van der Waals surface area contributed by atoms with Crippen molar-refractivity contribution in [2.45, 2.75) is 39.5 Å². The van der Waals surface area contributed by atoms with Gasteiger partial charge in [0.15, 0.2) is 0 Å². The van der Waals surface area contributed by atoms with Crippen molar-refractivity contribution in [1.29, 1.82) is 0 Å². The fourth-order valence-electron chi connectivity index (χ4n) is 2.33. The number of benzene rings is 1. The van der Waals surface area contributed by atoms with E-state index in [0.29, 0.717) is 23.0 Å². The lowest BCUT2D eigenvalue weighted by Gasteiger charge is -2.21. The Balaban J connectivity index is 2.25. The first-order chi connectivity index (χ1) is 10.6. The summed E-state index contributed by atoms with van der Waals surface area (Å²) in [4.78, 5) is 14.1. The van der Waals surface area contributed by atoms with Crippen LogP contribution in [0.4, 0.5) is 0 Å². The molecule has 0 aromatic heterocycles. The monoisotopic (exact) mass is 344 g/mol. The lowest BCUT2D eigenvalue weighted by Crippen LogP contribution is -2.34. The maximum atomic E-state index is 12.1. The lowest BCUT2D eigenvalue weighted by atomic mass is 10.1. The maximum Gasteiger partial charge on any atom is 0.223 e. The van der Waals surface area contributed by atoms with Crippen LogP contribution < -0.4 is 5.32 Å². The number of amides is 1. The summed E-state index contributed by atoms with van der Waals surface area (Å²) >= 11 is 12.0. The van der Waals surface area contributed by atoms with E-state index in [2.05, 4.69) is 19.2 Å². The third kappa shape index (κ3) is 6.99. The molecule has 0 radical (unpaired) electrons. The smallest absolute Gasteiger partial charge is 0.223 e. The van der Waals surface area contributed by atoms with E-state index < -0.39 is 0 Å². The van der Waals surface area contributed by atoms with Crippen LogP contribution in [-0.4, -0.2) is 37.0 Å². The molecule has 0 spiro atoms. The molecule has 0 aliphatic heterocycles. The molecule has 1 N–H and O–H groups in total. The van der Waals surface area contributed by atoms with Crippen molar-refractivity contribution in [1.82, 2.24) is 10.2 Å². The van der Waals surface area contributed by atoms with Gasteiger partial charge in [-0.3, -0.25) is 4.79 Å². The van der Waals surface area contributed by atoms with Crippen LogP contribution in [0.3, 0.4) is 0 Å². The Morgan fingerprint density at radius 2 is 1.82 bits per heavy atom. The number of rotatable bonds is 10. The van der Waals surface area contributed by atoms with E-state index in [0.717, 1.165) is 44.5 Å². The summed E-state index contributed by atoms with van der Waals surface area (Å²) in [6.07, 6.45) is 3.40. The molecule has 0 bridgehead atoms. The maximum absolute atomic E-state index is 12.1. The van der Waals surface area contributed by atoms with Crippen LogP contribution in [-0.2, 0) is 11.2 Å². The minimum absolute atomic E-state index is 0.237. The molecular formula is C17H26Cl2N2O. The van der Waals surface area contributed by atoms with E-state index in [1.165, 1.54) is 0 Å². The van der Waals surface area contributed by atoms with Crippen LogP contribution in [0.2, 0.25) is 10.0 Å². The molecule has 1 aromatic carbocycles. The fraction of sp³-hybridized carbons (Fsp3) is 0.588. The van der Waals surface area contributed by atoms with E-state index in [4.69, 9.17) is 23.2 Å². The highest BCUT2D eigenvalue weighted by Gasteiger charge is 2.10. The van der Waals surface area contributed by atoms with Gasteiger partial charge in [-0.1, -0.05) is 43.1 Å². The molecule has 0 fully saturated rings. The predicted octanol–water partition coefficient (Wildman–Crippen LogP) is 4.16. The Kier molecular flexibility index (Phi) is 9.53. The van der Waals surface area contributed by atoms with E-state index in [1.54, 1.807) is 6.07 Å². The van der Waals surface area contributed by atoms with Crippen LogP contribution in [0.5, 0.6) is 0 Å². The van der Waals surface area contributed by atoms with E-state index >= 15 is 0 Å². The van der Waals surface area contributed by atoms with Gasteiger partial charge in [0.2, 0.25) is 5.91 Å². The first kappa shape index (κ1) is 19.3. The Bertz CT molecular complexity index is 460. The quantitative estimate of drug-likeness (QED) is 0.646. The number of halogens is 2. The van der Waals surface area contributed by atoms with Crippen LogP contribution in [0.1, 0.15) is 38.7 Å². The molecule has 124 valence electrons. The Morgan fingerprint density at radius 1 is 1.14 bits per heavy atom. The third-order valence-corrected chi connectivity index (χ3v) is 4.03. The second-order valence-electron chi connectivity index (χ2n) is 5.37. The molecule has 0 atom stereocenters. The normalized spacial score (nSPS) is 10.7. The molecule has 0 saturated heterocycles. The van der Waals surface area contributed by atoms with E-state index in [-0.39, 0.29) is 5.91 Å². The van der Waals surface area contributed by atoms with Crippen LogP contribution in [0, 0.1) is 0 Å². The Morgan fingerprint density at radius 3 is 2.41 bits per heavy atom. The van der Waals surface area contributed by atoms with Gasteiger partial charge in [0, 0.05) is 36.1 Å². The average molecular weight is 345 g/mol. The first-order valence-corrected chi connectivity index (χ1v) is 8.76. The van der Waals surface area contributed by atoms with Crippen molar-refractivity contribution in [2.75, 3.05) is 26.2 Å². The molecule has 1 aromatic rings. The lowest BCUT2D eigenvalue weighted by molar-refractivity contribution is -0.131. The fourth-order valence-corrected chi connectivity index (χ4v) is 2.83. The summed E-state index contributed by atoms with van der Waals surface area (Å²) in [5.41, 5.74) is 1.07. The highest BCUT2D eigenvalue weighted by molar-refractivity contribution is 6.35. The summed E-state index contributed by atoms with van der Waals surface area (Å²) in [7, 11) is 0. The van der Waals surface area contributed by atoms with Crippen molar-refractivity contribution >= 4 is 29.1 Å². The number of nitrogens with one attached hydrogen (secondary N) is 1. The highest BCUT2D eigenvalue weighted by atomic mass is 35.5. The zero-order valence-corrected chi connectivity index (χ0v) is 15.0. The number of hydrogen-bond acceptors (Lipinski definition) is 2. The molecule has 0 unspecified atom stereocenters. The molecule has 5 heteroatoms. The summed E-state index contributed by atoms with van der Waals surface area (Å²) in [5, 5.41) is 4.66. The van der Waals surface area contributed by atoms with Crippen molar-refractivity contribution < 1.29 is 4.79 Å². The predicted molar refractivity (Wildman–Crippen MR) is 94.8 cm³/mol. The van der Waals surface area contributed by atoms with Gasteiger partial charge in [-0.05, 0) is 43.5 Å². The van der Waals surface area contributed by atoms with Gasteiger partial charge in [-0.2, -0.15) is 0 Å². The Labute approximate surface area is 144 Å². The number of carbonyl (C=O) groups is 1. The number of nitrogens with zero attached hydrogens (tertiary/aromatic N) is 1. The van der Waals surface area contributed by atoms with Gasteiger partial charge >= 0.3 is 0 Å². The van der Waals surface area contributed by atoms with Crippen LogP contribution in [0.15, 0.2) is 18.2 Å². The van der Waals surface area contributed by atoms with Crippen molar-refractivity contribution in [3.8, 4) is 0 Å². The summed E-state index contributed by atoms with van der Waals surface area (Å²) < 4.78 is 0. The third-order valence-electron chi connectivity index (χ3n) is 3.44. The van der Waals surface area contributed by atoms with Crippen molar-refractivity contribution in [2.24, 2.45) is 0 Å². The molecule has 0 heterocycles. The van der Waals surface area contributed by atoms with E-state index in [1.807, 2.05) is 17.0 Å². The molecule has 3 nitrogen and oxygen atoms in total. The molecule has 0 aliphatic rings. The van der Waals surface area contributed by atoms with Crippen molar-refractivity contribution in [3.05, 3.63) is 33.8 Å². The second kappa shape index (κ2) is 10.9. The number of carbonyl (C=O) groups excluding carboxylic acids is 1. The van der Waals surface area contributed by atoms with E-state index in [9.17, 15) is 4.79 Å². The van der Waals surface area contributed by atoms with Gasteiger partial charge in [0.25, 0.3) is 0 Å². The van der Waals surface area contributed by atoms with Crippen LogP contribution in [0.25, 0.3) is 0 Å². The highest BCUT2D eigenvalue weighted by Crippen LogP contribution is 2.20. The average Bonchev–Trinajstić information content (AvgIpc) is 2.48. The SMILES string of the molecule is CCCN(CCC)C(=O)CCNCCc1ccc(Cl)cc1Cl. The Hall–Kier alpha value is -0.770. The second-order valence-corrected chi connectivity index (χ2v) is 6.21. The van der Waals surface area contributed by atoms with Gasteiger partial charge in [0.1, 0.15) is 0 Å². The zero-order chi connectivity index (χ0) is 16.4. The van der Waals surface area contributed by atoms with Gasteiger partial charge in [0.05, 0.1) is 0 Å². The molecule has 1 rings (SSSR count). The van der Waals surface area contributed by atoms with Gasteiger partial charge in [-0.25, -0.2) is 0 Å². The molecular weight excluding hydrogens is 319 g/mol. The molecule has 0 saturated carbocycles. The topological polar surface area (TPSA) is 32.3 Å². The summed E-state index contributed by atoms with van der Waals surface area (Å²) in [6.45, 7) is 7.42. The minimum Gasteiger partial charge on any atom is -0.343 e. The molecule has 22 heavy (non-hydrogen) atoms. The van der Waals surface area contributed by atoms with Crippen LogP contribution >= 0.6 is 23.2 Å². The molecule has 0 aliphatic carbocycles. The summed E-state index contributed by atoms with van der Waals surface area (Å²) in [6, 6.07) is 5.55. The summed E-state index contributed by atoms with van der Waals surface area (Å²) in [5.74, 6) is 0.237. The standard InChI is InChI=1S/C17H26Cl2N2O/c1-3-11-21(12-4-2)17(22)8-10-20-9-7-14-5-6-15(18)13-16(14)19/h5-6,13,20H,3-4,7-12H2,1-2H3. The first-order valence-electron chi connectivity index (χ1n) is 8.00. The molecule has 1 amide bonds. The van der Waals surface area contributed by atoms with Gasteiger partial charge in [-0.15, -0.1) is 0 Å². The minimum atomic E-state index is 0.237. The number of hydrogen-bond donors (Lipinski definition) is 1. The van der Waals surface area contributed by atoms with Gasteiger partial charge < -0.3 is 10.2 Å². The van der Waals surface area contributed by atoms with Crippen molar-refractivity contribution in [3.63, 3.8) is 0 Å². The zero-order valence-electron chi connectivity index (χ0n) is 13.5.